The molecule has 0 atom stereocenters. The maximum Gasteiger partial charge on any atom is 0.121 e. The van der Waals surface area contributed by atoms with Crippen molar-refractivity contribution in [3.8, 4) is 0 Å². The number of aryl methyl sites for hydroxylation is 1. The number of hydrogen-bond acceptors (Lipinski definition) is 1. The third-order valence-electron chi connectivity index (χ3n) is 3.96. The monoisotopic (exact) mass is 266 g/mol. The van der Waals surface area contributed by atoms with Crippen LogP contribution in [-0.4, -0.2) is 12.2 Å². The summed E-state index contributed by atoms with van der Waals surface area (Å²) in [6, 6.07) is 9.55. The van der Waals surface area contributed by atoms with E-state index in [0.717, 1.165) is 18.8 Å². The van der Waals surface area contributed by atoms with Crippen LogP contribution < -0.4 is 0 Å². The number of hydrogen-bond donors (Lipinski definition) is 0. The van der Waals surface area contributed by atoms with Crippen LogP contribution in [0, 0.1) is 0 Å². The number of benzene rings is 1. The van der Waals surface area contributed by atoms with Crippen molar-refractivity contribution in [3.05, 3.63) is 35.4 Å². The highest BCUT2D eigenvalue weighted by molar-refractivity contribution is 6.17. The minimum Gasteiger partial charge on any atom is -0.363 e. The van der Waals surface area contributed by atoms with E-state index in [1.165, 1.54) is 36.8 Å². The molecule has 0 aromatic heterocycles. The first kappa shape index (κ1) is 13.9. The van der Waals surface area contributed by atoms with Gasteiger partial charge in [-0.1, -0.05) is 49.2 Å². The molecule has 1 nitrogen and oxygen atoms in total. The van der Waals surface area contributed by atoms with Crippen molar-refractivity contribution in [1.29, 1.82) is 0 Å². The average Bonchev–Trinajstić information content (AvgIpc) is 2.41. The molecule has 1 fully saturated rings. The topological polar surface area (TPSA) is 9.23 Å². The third-order valence-corrected chi connectivity index (χ3v) is 4.09. The highest BCUT2D eigenvalue weighted by Gasteiger charge is 2.22. The largest absolute Gasteiger partial charge is 0.363 e. The number of halogens is 1. The molecule has 0 aliphatic heterocycles. The highest BCUT2D eigenvalue weighted by Crippen LogP contribution is 2.34. The van der Waals surface area contributed by atoms with Gasteiger partial charge in [-0.25, -0.2) is 0 Å². The first-order chi connectivity index (χ1) is 8.83. The van der Waals surface area contributed by atoms with Crippen LogP contribution in [0.25, 0.3) is 0 Å². The molecule has 0 bridgehead atoms. The summed E-state index contributed by atoms with van der Waals surface area (Å²) >= 11 is 5.61. The fraction of sp³-hybridized carbons (Fsp3) is 0.625. The third kappa shape index (κ3) is 3.73. The molecule has 1 saturated carbocycles. The van der Waals surface area contributed by atoms with E-state index in [4.69, 9.17) is 16.3 Å². The average molecular weight is 267 g/mol. The fourth-order valence-corrected chi connectivity index (χ4v) is 3.08. The van der Waals surface area contributed by atoms with Crippen LogP contribution in [0.15, 0.2) is 24.3 Å². The molecule has 100 valence electrons. The lowest BCUT2D eigenvalue weighted by Gasteiger charge is -2.28. The predicted octanol–water partition coefficient (Wildman–Crippen LogP) is 4.88. The summed E-state index contributed by atoms with van der Waals surface area (Å²) < 4.78 is 5.48. The molecule has 2 heteroatoms. The van der Waals surface area contributed by atoms with E-state index < -0.39 is 0 Å². The zero-order valence-electron chi connectivity index (χ0n) is 11.2. The van der Waals surface area contributed by atoms with Crippen molar-refractivity contribution in [2.45, 2.75) is 57.5 Å². The van der Waals surface area contributed by atoms with Gasteiger partial charge in [-0.05, 0) is 49.1 Å². The van der Waals surface area contributed by atoms with Crippen molar-refractivity contribution < 1.29 is 4.74 Å². The van der Waals surface area contributed by atoms with Gasteiger partial charge in [0.05, 0.1) is 6.10 Å². The molecule has 0 radical (unpaired) electrons. The Bertz CT molecular complexity index is 339. The van der Waals surface area contributed by atoms with Crippen molar-refractivity contribution >= 4 is 11.6 Å². The molecule has 1 aliphatic rings. The maximum absolute atomic E-state index is 5.61. The molecule has 0 saturated heterocycles. The Kier molecular flexibility index (Phi) is 5.52. The lowest BCUT2D eigenvalue weighted by Crippen LogP contribution is -2.20. The predicted molar refractivity (Wildman–Crippen MR) is 77.2 cm³/mol. The summed E-state index contributed by atoms with van der Waals surface area (Å²) in [5.41, 5.74) is 2.96. The normalized spacial score (nSPS) is 24.1. The summed E-state index contributed by atoms with van der Waals surface area (Å²) in [6.07, 6.45) is 7.56. The second-order valence-corrected chi connectivity index (χ2v) is 5.46. The molecule has 1 aromatic carbocycles. The van der Waals surface area contributed by atoms with E-state index in [1.807, 2.05) is 0 Å². The molecule has 1 aliphatic carbocycles. The second kappa shape index (κ2) is 7.16. The molecule has 0 spiro atoms. The van der Waals surface area contributed by atoms with Gasteiger partial charge < -0.3 is 4.74 Å². The molecule has 0 heterocycles. The summed E-state index contributed by atoms with van der Waals surface area (Å²) in [5, 5.41) is 0. The molecular weight excluding hydrogens is 244 g/mol. The standard InChI is InChI=1S/C16H23ClO/c1-2-3-13-4-6-14(7-5-13)15-8-10-16(11-9-15)18-12-17/h4-7,15-16H,2-3,8-12H2,1H3. The second-order valence-electron chi connectivity index (χ2n) is 5.24. The molecule has 18 heavy (non-hydrogen) atoms. The van der Waals surface area contributed by atoms with Gasteiger partial charge in [0.25, 0.3) is 0 Å². The Labute approximate surface area is 115 Å². The molecule has 2 rings (SSSR count). The zero-order chi connectivity index (χ0) is 12.8. The van der Waals surface area contributed by atoms with Crippen LogP contribution in [0.5, 0.6) is 0 Å². The van der Waals surface area contributed by atoms with Crippen LogP contribution in [-0.2, 0) is 11.2 Å². The molecule has 0 unspecified atom stereocenters. The van der Waals surface area contributed by atoms with Crippen molar-refractivity contribution in [1.82, 2.24) is 0 Å². The SMILES string of the molecule is CCCc1ccc(C2CCC(OCCl)CC2)cc1. The number of alkyl halides is 1. The van der Waals surface area contributed by atoms with Gasteiger partial charge in [-0.2, -0.15) is 0 Å². The van der Waals surface area contributed by atoms with Gasteiger partial charge in [-0.3, -0.25) is 0 Å². The van der Waals surface area contributed by atoms with Crippen LogP contribution in [0.2, 0.25) is 0 Å². The van der Waals surface area contributed by atoms with E-state index in [0.29, 0.717) is 12.2 Å². The summed E-state index contributed by atoms with van der Waals surface area (Å²) in [6.45, 7) is 2.23. The van der Waals surface area contributed by atoms with Crippen molar-refractivity contribution in [3.63, 3.8) is 0 Å². The van der Waals surface area contributed by atoms with E-state index in [1.54, 1.807) is 0 Å². The zero-order valence-corrected chi connectivity index (χ0v) is 12.0. The lowest BCUT2D eigenvalue weighted by molar-refractivity contribution is 0.0531. The molecule has 0 amide bonds. The Morgan fingerprint density at radius 3 is 2.33 bits per heavy atom. The fourth-order valence-electron chi connectivity index (χ4n) is 2.90. The first-order valence-electron chi connectivity index (χ1n) is 7.10. The Morgan fingerprint density at radius 1 is 1.11 bits per heavy atom. The van der Waals surface area contributed by atoms with Gasteiger partial charge in [0.1, 0.15) is 6.07 Å². The van der Waals surface area contributed by atoms with Crippen molar-refractivity contribution in [2.24, 2.45) is 0 Å². The van der Waals surface area contributed by atoms with E-state index in [-0.39, 0.29) is 0 Å². The van der Waals surface area contributed by atoms with Gasteiger partial charge in [0.2, 0.25) is 0 Å². The first-order valence-corrected chi connectivity index (χ1v) is 7.63. The van der Waals surface area contributed by atoms with Gasteiger partial charge in [0.15, 0.2) is 0 Å². The quantitative estimate of drug-likeness (QED) is 0.691. The summed E-state index contributed by atoms with van der Waals surface area (Å²) in [4.78, 5) is 0. The van der Waals surface area contributed by atoms with Crippen LogP contribution in [0.4, 0.5) is 0 Å². The van der Waals surface area contributed by atoms with Gasteiger partial charge in [-0.15, -0.1) is 0 Å². The molecule has 0 N–H and O–H groups in total. The summed E-state index contributed by atoms with van der Waals surface area (Å²) in [5.74, 6) is 0.718. The van der Waals surface area contributed by atoms with E-state index >= 15 is 0 Å². The van der Waals surface area contributed by atoms with Crippen LogP contribution in [0.1, 0.15) is 56.1 Å². The Balaban J connectivity index is 1.89. The van der Waals surface area contributed by atoms with E-state index in [2.05, 4.69) is 31.2 Å². The van der Waals surface area contributed by atoms with Crippen LogP contribution >= 0.6 is 11.6 Å². The molecular formula is C16H23ClO. The van der Waals surface area contributed by atoms with Crippen molar-refractivity contribution in [2.75, 3.05) is 6.07 Å². The van der Waals surface area contributed by atoms with Gasteiger partial charge >= 0.3 is 0 Å². The Hall–Kier alpha value is -0.530. The number of rotatable bonds is 5. The van der Waals surface area contributed by atoms with E-state index in [9.17, 15) is 0 Å². The minimum absolute atomic E-state index is 0.334. The number of ether oxygens (including phenoxy) is 1. The Morgan fingerprint density at radius 2 is 1.78 bits per heavy atom. The summed E-state index contributed by atoms with van der Waals surface area (Å²) in [7, 11) is 0. The minimum atomic E-state index is 0.334. The maximum atomic E-state index is 5.61. The highest BCUT2D eigenvalue weighted by atomic mass is 35.5. The smallest absolute Gasteiger partial charge is 0.121 e. The lowest BCUT2D eigenvalue weighted by atomic mass is 9.82. The van der Waals surface area contributed by atoms with Crippen LogP contribution in [0.3, 0.4) is 0 Å². The molecule has 1 aromatic rings. The van der Waals surface area contributed by atoms with Gasteiger partial charge in [0, 0.05) is 0 Å².